The molecule has 3 heterocycles. The van der Waals surface area contributed by atoms with Crippen molar-refractivity contribution in [3.8, 4) is 5.69 Å². The van der Waals surface area contributed by atoms with E-state index in [9.17, 15) is 13.2 Å². The molecule has 10 heteroatoms. The summed E-state index contributed by atoms with van der Waals surface area (Å²) in [5.41, 5.74) is 2.71. The Morgan fingerprint density at radius 1 is 1.23 bits per heavy atom. The summed E-state index contributed by atoms with van der Waals surface area (Å²) in [6, 6.07) is 10.8. The summed E-state index contributed by atoms with van der Waals surface area (Å²) in [6.07, 6.45) is 1.68. The maximum atomic E-state index is 12.6. The number of para-hydroxylation sites is 1. The van der Waals surface area contributed by atoms with Gasteiger partial charge in [-0.25, -0.2) is 18.2 Å². The van der Waals surface area contributed by atoms with E-state index in [0.717, 1.165) is 23.7 Å². The van der Waals surface area contributed by atoms with Crippen LogP contribution in [0.2, 0.25) is 0 Å². The number of amides is 1. The number of primary sulfonamides is 1. The van der Waals surface area contributed by atoms with Gasteiger partial charge in [-0.3, -0.25) is 4.79 Å². The normalized spacial score (nSPS) is 14.3. The van der Waals surface area contributed by atoms with E-state index in [1.54, 1.807) is 9.58 Å². The van der Waals surface area contributed by atoms with Gasteiger partial charge in [-0.1, -0.05) is 23.4 Å². The number of nitrogens with zero attached hydrogens (tertiary/aromatic N) is 4. The van der Waals surface area contributed by atoms with Crippen LogP contribution in [0.4, 0.5) is 0 Å². The third kappa shape index (κ3) is 2.89. The molecule has 134 valence electrons. The van der Waals surface area contributed by atoms with E-state index < -0.39 is 15.1 Å². The van der Waals surface area contributed by atoms with E-state index in [2.05, 4.69) is 10.3 Å². The molecule has 3 aromatic rings. The lowest BCUT2D eigenvalue weighted by atomic mass is 10.1. The summed E-state index contributed by atoms with van der Waals surface area (Å²) >= 11 is 0. The Hall–Kier alpha value is -2.98. The number of nitrogens with two attached hydrogens (primary N) is 1. The molecule has 1 aromatic carbocycles. The van der Waals surface area contributed by atoms with Gasteiger partial charge in [0.15, 0.2) is 0 Å². The number of hydrogen-bond donors (Lipinski definition) is 1. The van der Waals surface area contributed by atoms with Crippen LogP contribution in [0.25, 0.3) is 5.69 Å². The predicted molar refractivity (Wildman–Crippen MR) is 89.9 cm³/mol. The van der Waals surface area contributed by atoms with Gasteiger partial charge in [0.1, 0.15) is 12.0 Å². The van der Waals surface area contributed by atoms with Crippen LogP contribution >= 0.6 is 0 Å². The SMILES string of the molecule is NS(=O)(=O)c1cc(C(=O)N2CCc3c(nnn3-c3ccccc3)C2)co1. The standard InChI is InChI=1S/C16H15N5O4S/c17-26(23,24)15-8-11(10-25-15)16(22)20-7-6-14-13(9-20)18-19-21(14)12-4-2-1-3-5-12/h1-5,8,10H,6-7,9H2,(H2,17,23,24). The van der Waals surface area contributed by atoms with E-state index >= 15 is 0 Å². The summed E-state index contributed by atoms with van der Waals surface area (Å²) in [7, 11) is -3.99. The highest BCUT2D eigenvalue weighted by Crippen LogP contribution is 2.22. The average molecular weight is 373 g/mol. The summed E-state index contributed by atoms with van der Waals surface area (Å²) in [4.78, 5) is 14.2. The monoisotopic (exact) mass is 373 g/mol. The smallest absolute Gasteiger partial charge is 0.271 e. The van der Waals surface area contributed by atoms with Gasteiger partial charge >= 0.3 is 0 Å². The number of carbonyl (C=O) groups excluding carboxylic acids is 1. The number of benzene rings is 1. The summed E-state index contributed by atoms with van der Waals surface area (Å²) in [5.74, 6) is -0.344. The number of sulfonamides is 1. The van der Waals surface area contributed by atoms with E-state index in [-0.39, 0.29) is 18.0 Å². The van der Waals surface area contributed by atoms with Gasteiger partial charge in [-0.2, -0.15) is 0 Å². The van der Waals surface area contributed by atoms with Crippen molar-refractivity contribution in [2.24, 2.45) is 5.14 Å². The first kappa shape index (κ1) is 16.5. The van der Waals surface area contributed by atoms with Crippen LogP contribution < -0.4 is 5.14 Å². The van der Waals surface area contributed by atoms with Crippen molar-refractivity contribution in [2.45, 2.75) is 18.1 Å². The Kier molecular flexibility index (Phi) is 3.85. The highest BCUT2D eigenvalue weighted by atomic mass is 32.2. The first-order chi connectivity index (χ1) is 12.4. The van der Waals surface area contributed by atoms with Crippen LogP contribution in [-0.2, 0) is 23.0 Å². The molecule has 2 aromatic heterocycles. The summed E-state index contributed by atoms with van der Waals surface area (Å²) < 4.78 is 29.2. The van der Waals surface area contributed by atoms with Gasteiger partial charge in [0.05, 0.1) is 23.5 Å². The molecule has 0 unspecified atom stereocenters. The second-order valence-electron chi connectivity index (χ2n) is 5.91. The lowest BCUT2D eigenvalue weighted by molar-refractivity contribution is 0.0730. The molecule has 1 aliphatic heterocycles. The van der Waals surface area contributed by atoms with Gasteiger partial charge in [0.25, 0.3) is 15.9 Å². The van der Waals surface area contributed by atoms with Crippen molar-refractivity contribution < 1.29 is 17.6 Å². The molecule has 9 nitrogen and oxygen atoms in total. The van der Waals surface area contributed by atoms with Crippen LogP contribution in [0.3, 0.4) is 0 Å². The van der Waals surface area contributed by atoms with Crippen molar-refractivity contribution in [3.63, 3.8) is 0 Å². The maximum Gasteiger partial charge on any atom is 0.271 e. The molecule has 1 amide bonds. The molecule has 0 atom stereocenters. The van der Waals surface area contributed by atoms with E-state index in [1.807, 2.05) is 30.3 Å². The predicted octanol–water partition coefficient (Wildman–Crippen LogP) is 0.706. The molecule has 26 heavy (non-hydrogen) atoms. The van der Waals surface area contributed by atoms with Gasteiger partial charge < -0.3 is 9.32 Å². The van der Waals surface area contributed by atoms with Gasteiger partial charge in [0.2, 0.25) is 5.09 Å². The lowest BCUT2D eigenvalue weighted by Gasteiger charge is -2.26. The fourth-order valence-electron chi connectivity index (χ4n) is 2.92. The minimum atomic E-state index is -3.99. The Morgan fingerprint density at radius 2 is 2.00 bits per heavy atom. The van der Waals surface area contributed by atoms with Crippen LogP contribution in [0, 0.1) is 0 Å². The highest BCUT2D eigenvalue weighted by Gasteiger charge is 2.28. The second kappa shape index (κ2) is 6.07. The van der Waals surface area contributed by atoms with E-state index in [1.165, 1.54) is 0 Å². The van der Waals surface area contributed by atoms with Gasteiger partial charge in [0, 0.05) is 19.0 Å². The molecule has 1 aliphatic rings. The number of aromatic nitrogens is 3. The molecule has 0 saturated carbocycles. The third-order valence-corrected chi connectivity index (χ3v) is 4.97. The average Bonchev–Trinajstić information content (AvgIpc) is 3.28. The zero-order valence-electron chi connectivity index (χ0n) is 13.6. The van der Waals surface area contributed by atoms with Crippen molar-refractivity contribution in [1.82, 2.24) is 19.9 Å². The molecule has 0 saturated heterocycles. The molecule has 4 rings (SSSR count). The minimum absolute atomic E-state index is 0.132. The maximum absolute atomic E-state index is 12.6. The summed E-state index contributed by atoms with van der Waals surface area (Å²) in [5, 5.41) is 12.9. The molecule has 2 N–H and O–H groups in total. The lowest BCUT2D eigenvalue weighted by Crippen LogP contribution is -2.36. The van der Waals surface area contributed by atoms with Crippen LogP contribution in [0.1, 0.15) is 21.7 Å². The van der Waals surface area contributed by atoms with Crippen molar-refractivity contribution in [2.75, 3.05) is 6.54 Å². The number of carbonyl (C=O) groups is 1. The number of hydrogen-bond acceptors (Lipinski definition) is 6. The highest BCUT2D eigenvalue weighted by molar-refractivity contribution is 7.89. The number of furan rings is 1. The fraction of sp³-hybridized carbons (Fsp3) is 0.188. The molecule has 0 aliphatic carbocycles. The first-order valence-corrected chi connectivity index (χ1v) is 9.37. The largest absolute Gasteiger partial charge is 0.451 e. The fourth-order valence-corrected chi connectivity index (χ4v) is 3.39. The number of fused-ring (bicyclic) bond motifs is 1. The third-order valence-electron chi connectivity index (χ3n) is 4.19. The van der Waals surface area contributed by atoms with Crippen molar-refractivity contribution in [3.05, 3.63) is 59.6 Å². The molecular weight excluding hydrogens is 358 g/mol. The molecular formula is C16H15N5O4S. The second-order valence-corrected chi connectivity index (χ2v) is 7.40. The Morgan fingerprint density at radius 3 is 2.69 bits per heavy atom. The zero-order chi connectivity index (χ0) is 18.3. The van der Waals surface area contributed by atoms with Crippen molar-refractivity contribution >= 4 is 15.9 Å². The van der Waals surface area contributed by atoms with E-state index in [4.69, 9.17) is 9.56 Å². The van der Waals surface area contributed by atoms with Gasteiger partial charge in [-0.05, 0) is 12.1 Å². The Balaban J connectivity index is 1.57. The van der Waals surface area contributed by atoms with Crippen LogP contribution in [-0.4, -0.2) is 40.8 Å². The quantitative estimate of drug-likeness (QED) is 0.721. The summed E-state index contributed by atoms with van der Waals surface area (Å²) in [6.45, 7) is 0.749. The van der Waals surface area contributed by atoms with Crippen LogP contribution in [0.15, 0.2) is 52.2 Å². The topological polar surface area (TPSA) is 124 Å². The Labute approximate surface area is 149 Å². The molecule has 0 spiro atoms. The van der Waals surface area contributed by atoms with Gasteiger partial charge in [-0.15, -0.1) is 5.10 Å². The number of rotatable bonds is 3. The first-order valence-electron chi connectivity index (χ1n) is 7.83. The van der Waals surface area contributed by atoms with Crippen molar-refractivity contribution in [1.29, 1.82) is 0 Å². The zero-order valence-corrected chi connectivity index (χ0v) is 14.4. The Bertz CT molecular complexity index is 1070. The molecule has 0 radical (unpaired) electrons. The van der Waals surface area contributed by atoms with Crippen LogP contribution in [0.5, 0.6) is 0 Å². The molecule has 0 bridgehead atoms. The minimum Gasteiger partial charge on any atom is -0.451 e. The van der Waals surface area contributed by atoms with E-state index in [0.29, 0.717) is 18.7 Å². The molecule has 0 fully saturated rings.